The van der Waals surface area contributed by atoms with Crippen molar-refractivity contribution in [2.75, 3.05) is 0 Å². The lowest BCUT2D eigenvalue weighted by molar-refractivity contribution is -0.122. The highest BCUT2D eigenvalue weighted by molar-refractivity contribution is 6.07. The zero-order chi connectivity index (χ0) is 19.7. The largest absolute Gasteiger partial charge is 0.353 e. The van der Waals surface area contributed by atoms with Crippen molar-refractivity contribution < 1.29 is 4.79 Å². The first-order valence-electron chi connectivity index (χ1n) is 10.3. The molecule has 148 valence electrons. The predicted octanol–water partition coefficient (Wildman–Crippen LogP) is 3.60. The monoisotopic (exact) mass is 380 g/mol. The van der Waals surface area contributed by atoms with Gasteiger partial charge in [-0.15, -0.1) is 0 Å². The Morgan fingerprint density at radius 3 is 2.93 bits per heavy atom. The third-order valence-corrected chi connectivity index (χ3v) is 6.42. The number of aromatic nitrogens is 3. The van der Waals surface area contributed by atoms with Crippen LogP contribution < -0.4 is 10.9 Å². The highest BCUT2D eigenvalue weighted by Gasteiger charge is 2.27. The molecule has 0 bridgehead atoms. The molecule has 3 aromatic rings. The molecule has 0 radical (unpaired) electrons. The number of fused-ring (bicyclic) bond motifs is 3. The average Bonchev–Trinajstić information content (AvgIpc) is 3.01. The Kier molecular flexibility index (Phi) is 5.20. The summed E-state index contributed by atoms with van der Waals surface area (Å²) in [4.78, 5) is 24.9. The standard InChI is InChI=1S/C22H28N4O2/c1-14-7-5-9-18(15(14)2)24-20(27)11-6-12-26-19-10-4-3-8-16(19)17-13-23-25-22(28)21(17)26/h3-4,8,10,13-15,18H,5-7,9,11-12H2,1-2H3,(H,24,27)(H,25,28). The summed E-state index contributed by atoms with van der Waals surface area (Å²) in [6, 6.07) is 8.25. The van der Waals surface area contributed by atoms with Crippen molar-refractivity contribution in [1.29, 1.82) is 0 Å². The van der Waals surface area contributed by atoms with Gasteiger partial charge in [-0.05, 0) is 30.7 Å². The summed E-state index contributed by atoms with van der Waals surface area (Å²) < 4.78 is 2.02. The van der Waals surface area contributed by atoms with E-state index in [1.54, 1.807) is 6.20 Å². The molecular formula is C22H28N4O2. The number of para-hydroxylation sites is 1. The van der Waals surface area contributed by atoms with Gasteiger partial charge in [-0.3, -0.25) is 9.59 Å². The first-order valence-corrected chi connectivity index (χ1v) is 10.3. The van der Waals surface area contributed by atoms with Crippen molar-refractivity contribution in [2.24, 2.45) is 11.8 Å². The SMILES string of the molecule is CC1CCCC(NC(=O)CCCn2c3ccccc3c3cn[nH]c(=O)c32)C1C. The number of aryl methyl sites for hydroxylation is 1. The van der Waals surface area contributed by atoms with Crippen LogP contribution in [0.3, 0.4) is 0 Å². The lowest BCUT2D eigenvalue weighted by Gasteiger charge is -2.34. The van der Waals surface area contributed by atoms with Crippen LogP contribution in [0, 0.1) is 11.8 Å². The Bertz CT molecular complexity index is 1050. The number of nitrogens with zero attached hydrogens (tertiary/aromatic N) is 2. The number of benzene rings is 1. The molecular weight excluding hydrogens is 352 g/mol. The molecule has 2 N–H and O–H groups in total. The molecule has 1 aromatic carbocycles. The second kappa shape index (κ2) is 7.78. The van der Waals surface area contributed by atoms with E-state index in [1.165, 1.54) is 12.8 Å². The van der Waals surface area contributed by atoms with Gasteiger partial charge >= 0.3 is 0 Å². The zero-order valence-corrected chi connectivity index (χ0v) is 16.6. The maximum absolute atomic E-state index is 12.5. The quantitative estimate of drug-likeness (QED) is 0.710. The number of carbonyl (C=O) groups is 1. The van der Waals surface area contributed by atoms with Gasteiger partial charge < -0.3 is 9.88 Å². The van der Waals surface area contributed by atoms with Crippen LogP contribution in [0.4, 0.5) is 0 Å². The van der Waals surface area contributed by atoms with Crippen LogP contribution in [0.5, 0.6) is 0 Å². The summed E-state index contributed by atoms with van der Waals surface area (Å²) >= 11 is 0. The highest BCUT2D eigenvalue weighted by atomic mass is 16.1. The number of aromatic amines is 1. The molecule has 3 atom stereocenters. The van der Waals surface area contributed by atoms with E-state index < -0.39 is 0 Å². The average molecular weight is 380 g/mol. The van der Waals surface area contributed by atoms with Crippen molar-refractivity contribution in [3.63, 3.8) is 0 Å². The Labute approximate surface area is 164 Å². The molecule has 0 aliphatic heterocycles. The Hall–Kier alpha value is -2.63. The highest BCUT2D eigenvalue weighted by Crippen LogP contribution is 2.30. The lowest BCUT2D eigenvalue weighted by atomic mass is 9.78. The van der Waals surface area contributed by atoms with Crippen molar-refractivity contribution >= 4 is 27.7 Å². The molecule has 1 saturated carbocycles. The molecule has 1 fully saturated rings. The molecule has 4 rings (SSSR count). The van der Waals surface area contributed by atoms with Gasteiger partial charge in [-0.25, -0.2) is 5.10 Å². The zero-order valence-electron chi connectivity index (χ0n) is 16.6. The summed E-state index contributed by atoms with van der Waals surface area (Å²) in [6.07, 6.45) is 6.38. The number of hydrogen-bond donors (Lipinski definition) is 2. The van der Waals surface area contributed by atoms with Gasteiger partial charge in [0.2, 0.25) is 5.91 Å². The fraction of sp³-hybridized carbons (Fsp3) is 0.500. The maximum Gasteiger partial charge on any atom is 0.288 e. The Balaban J connectivity index is 1.47. The van der Waals surface area contributed by atoms with Crippen molar-refractivity contribution in [2.45, 2.75) is 58.5 Å². The molecule has 3 unspecified atom stereocenters. The van der Waals surface area contributed by atoms with Crippen LogP contribution in [-0.4, -0.2) is 26.7 Å². The van der Waals surface area contributed by atoms with Gasteiger partial charge in [-0.2, -0.15) is 5.10 Å². The molecule has 1 aliphatic carbocycles. The fourth-order valence-corrected chi connectivity index (χ4v) is 4.61. The van der Waals surface area contributed by atoms with Gasteiger partial charge in [0.25, 0.3) is 5.56 Å². The van der Waals surface area contributed by atoms with Gasteiger partial charge in [-0.1, -0.05) is 44.9 Å². The molecule has 0 spiro atoms. The topological polar surface area (TPSA) is 79.8 Å². The number of amides is 1. The summed E-state index contributed by atoms with van der Waals surface area (Å²) in [7, 11) is 0. The lowest BCUT2D eigenvalue weighted by Crippen LogP contribution is -2.43. The molecule has 2 aromatic heterocycles. The molecule has 28 heavy (non-hydrogen) atoms. The van der Waals surface area contributed by atoms with Crippen molar-refractivity contribution in [3.8, 4) is 0 Å². The van der Waals surface area contributed by atoms with Gasteiger partial charge in [0.15, 0.2) is 0 Å². The normalized spacial score (nSPS) is 22.6. The number of H-pyrrole nitrogens is 1. The van der Waals surface area contributed by atoms with Crippen molar-refractivity contribution in [1.82, 2.24) is 20.1 Å². The molecule has 1 aliphatic rings. The minimum atomic E-state index is -0.192. The summed E-state index contributed by atoms with van der Waals surface area (Å²) in [5, 5.41) is 11.6. The molecule has 6 nitrogen and oxygen atoms in total. The van der Waals surface area contributed by atoms with Gasteiger partial charge in [0.05, 0.1) is 6.20 Å². The summed E-state index contributed by atoms with van der Waals surface area (Å²) in [5.74, 6) is 1.31. The molecule has 2 heterocycles. The van der Waals surface area contributed by atoms with E-state index in [0.717, 1.165) is 22.7 Å². The van der Waals surface area contributed by atoms with Crippen LogP contribution >= 0.6 is 0 Å². The Morgan fingerprint density at radius 2 is 2.07 bits per heavy atom. The molecule has 0 saturated heterocycles. The third kappa shape index (κ3) is 3.43. The van der Waals surface area contributed by atoms with E-state index in [1.807, 2.05) is 28.8 Å². The van der Waals surface area contributed by atoms with E-state index >= 15 is 0 Å². The first-order chi connectivity index (χ1) is 13.6. The fourth-order valence-electron chi connectivity index (χ4n) is 4.61. The maximum atomic E-state index is 12.5. The summed E-state index contributed by atoms with van der Waals surface area (Å²) in [6.45, 7) is 5.14. The number of hydrogen-bond acceptors (Lipinski definition) is 3. The van der Waals surface area contributed by atoms with Crippen molar-refractivity contribution in [3.05, 3.63) is 40.8 Å². The van der Waals surface area contributed by atoms with Crippen LogP contribution in [0.25, 0.3) is 21.8 Å². The van der Waals surface area contributed by atoms with E-state index in [-0.39, 0.29) is 11.5 Å². The second-order valence-electron chi connectivity index (χ2n) is 8.18. The van der Waals surface area contributed by atoms with Gasteiger partial charge in [0, 0.05) is 35.3 Å². The van der Waals surface area contributed by atoms with Crippen LogP contribution in [0.1, 0.15) is 46.0 Å². The van der Waals surface area contributed by atoms with Crippen LogP contribution in [-0.2, 0) is 11.3 Å². The minimum Gasteiger partial charge on any atom is -0.353 e. The smallest absolute Gasteiger partial charge is 0.288 e. The van der Waals surface area contributed by atoms with E-state index in [9.17, 15) is 9.59 Å². The molecule has 1 amide bonds. The van der Waals surface area contributed by atoms with E-state index in [0.29, 0.717) is 42.8 Å². The van der Waals surface area contributed by atoms with Crippen LogP contribution in [0.15, 0.2) is 35.3 Å². The molecule has 6 heteroatoms. The number of carbonyl (C=O) groups excluding carboxylic acids is 1. The third-order valence-electron chi connectivity index (χ3n) is 6.42. The first kappa shape index (κ1) is 18.7. The predicted molar refractivity (Wildman–Crippen MR) is 111 cm³/mol. The number of nitrogens with one attached hydrogen (secondary N) is 2. The minimum absolute atomic E-state index is 0.113. The van der Waals surface area contributed by atoms with Crippen LogP contribution in [0.2, 0.25) is 0 Å². The van der Waals surface area contributed by atoms with E-state index in [4.69, 9.17) is 0 Å². The van der Waals surface area contributed by atoms with Gasteiger partial charge in [0.1, 0.15) is 5.52 Å². The Morgan fingerprint density at radius 1 is 1.25 bits per heavy atom. The van der Waals surface area contributed by atoms with E-state index in [2.05, 4.69) is 29.4 Å². The number of rotatable bonds is 5. The summed E-state index contributed by atoms with van der Waals surface area (Å²) in [5.41, 5.74) is 1.45. The second-order valence-corrected chi connectivity index (χ2v) is 8.18.